The Balaban J connectivity index is 0.00000108. The molecule has 35 heavy (non-hydrogen) atoms. The third kappa shape index (κ3) is 6.06. The van der Waals surface area contributed by atoms with Crippen molar-refractivity contribution in [3.63, 3.8) is 0 Å². The van der Waals surface area contributed by atoms with Gasteiger partial charge < -0.3 is 19.7 Å². The summed E-state index contributed by atoms with van der Waals surface area (Å²) in [5.41, 5.74) is 3.63. The Morgan fingerprint density at radius 1 is 1.26 bits per heavy atom. The second kappa shape index (κ2) is 12.1. The molecule has 1 aliphatic rings. The van der Waals surface area contributed by atoms with E-state index in [9.17, 15) is 9.18 Å². The average Bonchev–Trinajstić information content (AvgIpc) is 3.42. The SMILES string of the molecule is CCCCCN(CCC)c1ccnc2c1CCN2C(=O)Nc1cc(F)c2nc(C)cn2c1.O=CO. The third-order valence-corrected chi connectivity index (χ3v) is 5.84. The molecule has 0 unspecified atom stereocenters. The van der Waals surface area contributed by atoms with Crippen LogP contribution in [-0.2, 0) is 11.2 Å². The maximum atomic E-state index is 14.4. The average molecular weight is 485 g/mol. The van der Waals surface area contributed by atoms with E-state index in [4.69, 9.17) is 9.90 Å². The second-order valence-corrected chi connectivity index (χ2v) is 8.45. The lowest BCUT2D eigenvalue weighted by Crippen LogP contribution is -2.34. The van der Waals surface area contributed by atoms with Crippen molar-refractivity contribution in [3.05, 3.63) is 47.8 Å². The quantitative estimate of drug-likeness (QED) is 0.349. The summed E-state index contributed by atoms with van der Waals surface area (Å²) in [4.78, 5) is 34.2. The second-order valence-electron chi connectivity index (χ2n) is 8.45. The van der Waals surface area contributed by atoms with Crippen LogP contribution in [0.3, 0.4) is 0 Å². The van der Waals surface area contributed by atoms with Crippen LogP contribution < -0.4 is 15.1 Å². The van der Waals surface area contributed by atoms with Crippen LogP contribution in [0.5, 0.6) is 0 Å². The first kappa shape index (κ1) is 25.9. The predicted octanol–water partition coefficient (Wildman–Crippen LogP) is 4.88. The summed E-state index contributed by atoms with van der Waals surface area (Å²) in [6.45, 7) is 8.49. The number of carbonyl (C=O) groups is 2. The van der Waals surface area contributed by atoms with Crippen LogP contribution >= 0.6 is 0 Å². The van der Waals surface area contributed by atoms with Crippen LogP contribution in [0.4, 0.5) is 26.4 Å². The number of aryl methyl sites for hydroxylation is 1. The number of carbonyl (C=O) groups excluding carboxylic acids is 1. The highest BCUT2D eigenvalue weighted by molar-refractivity contribution is 6.03. The van der Waals surface area contributed by atoms with Gasteiger partial charge in [0.2, 0.25) is 0 Å². The number of nitrogens with one attached hydrogen (secondary N) is 1. The number of halogens is 1. The molecule has 9 nitrogen and oxygen atoms in total. The molecular weight excluding hydrogens is 451 g/mol. The monoisotopic (exact) mass is 484 g/mol. The van der Waals surface area contributed by atoms with E-state index in [0.29, 0.717) is 23.7 Å². The topological polar surface area (TPSA) is 103 Å². The fourth-order valence-corrected chi connectivity index (χ4v) is 4.38. The van der Waals surface area contributed by atoms with Crippen molar-refractivity contribution in [2.75, 3.05) is 34.8 Å². The fourth-order valence-electron chi connectivity index (χ4n) is 4.38. The van der Waals surface area contributed by atoms with Gasteiger partial charge in [-0.15, -0.1) is 0 Å². The van der Waals surface area contributed by atoms with Crippen molar-refractivity contribution in [3.8, 4) is 0 Å². The molecule has 0 saturated heterocycles. The summed E-state index contributed by atoms with van der Waals surface area (Å²) in [5.74, 6) is 0.219. The van der Waals surface area contributed by atoms with Crippen LogP contribution in [0, 0.1) is 12.7 Å². The van der Waals surface area contributed by atoms with E-state index in [1.807, 2.05) is 0 Å². The minimum atomic E-state index is -0.472. The van der Waals surface area contributed by atoms with Gasteiger partial charge in [0.15, 0.2) is 11.5 Å². The highest BCUT2D eigenvalue weighted by Crippen LogP contribution is 2.34. The molecule has 0 aromatic carbocycles. The molecule has 0 radical (unpaired) electrons. The van der Waals surface area contributed by atoms with Crippen LogP contribution in [0.25, 0.3) is 5.65 Å². The zero-order valence-corrected chi connectivity index (χ0v) is 20.5. The molecule has 2 N–H and O–H groups in total. The molecule has 0 bridgehead atoms. The zero-order chi connectivity index (χ0) is 25.4. The van der Waals surface area contributed by atoms with Crippen LogP contribution in [0.15, 0.2) is 30.7 Å². The minimum absolute atomic E-state index is 0.248. The fraction of sp³-hybridized carbons (Fsp3) is 0.440. The summed E-state index contributed by atoms with van der Waals surface area (Å²) >= 11 is 0. The van der Waals surface area contributed by atoms with E-state index in [0.717, 1.165) is 37.9 Å². The number of carboxylic acid groups (broad SMARTS) is 1. The first-order valence-corrected chi connectivity index (χ1v) is 12.0. The van der Waals surface area contributed by atoms with E-state index in [1.165, 1.54) is 24.6 Å². The molecule has 1 aliphatic heterocycles. The number of unbranched alkanes of at least 4 members (excludes halogenated alkanes) is 2. The van der Waals surface area contributed by atoms with Crippen LogP contribution in [0.1, 0.15) is 50.8 Å². The molecule has 4 rings (SSSR count). The van der Waals surface area contributed by atoms with Crippen molar-refractivity contribution in [1.82, 2.24) is 14.4 Å². The Morgan fingerprint density at radius 3 is 2.74 bits per heavy atom. The lowest BCUT2D eigenvalue weighted by Gasteiger charge is -2.26. The summed E-state index contributed by atoms with van der Waals surface area (Å²) in [7, 11) is 0. The number of imidazole rings is 1. The molecule has 2 amide bonds. The van der Waals surface area contributed by atoms with Gasteiger partial charge in [0.25, 0.3) is 6.47 Å². The Hall–Kier alpha value is -3.69. The number of urea groups is 1. The van der Waals surface area contributed by atoms with E-state index in [1.54, 1.807) is 34.8 Å². The van der Waals surface area contributed by atoms with Crippen molar-refractivity contribution in [1.29, 1.82) is 0 Å². The number of hydrogen-bond donors (Lipinski definition) is 2. The molecule has 188 valence electrons. The largest absolute Gasteiger partial charge is 0.483 e. The third-order valence-electron chi connectivity index (χ3n) is 5.84. The number of nitrogens with zero attached hydrogens (tertiary/aromatic N) is 5. The van der Waals surface area contributed by atoms with Crippen LogP contribution in [-0.4, -0.2) is 51.6 Å². The summed E-state index contributed by atoms with van der Waals surface area (Å²) in [6, 6.07) is 3.06. The van der Waals surface area contributed by atoms with Gasteiger partial charge in [-0.1, -0.05) is 26.7 Å². The van der Waals surface area contributed by atoms with Gasteiger partial charge in [0.05, 0.1) is 11.4 Å². The Kier molecular flexibility index (Phi) is 8.99. The van der Waals surface area contributed by atoms with Crippen molar-refractivity contribution in [2.45, 2.75) is 52.9 Å². The number of rotatable bonds is 8. The first-order chi connectivity index (χ1) is 16.9. The summed E-state index contributed by atoms with van der Waals surface area (Å²) < 4.78 is 16.0. The Morgan fingerprint density at radius 2 is 2.03 bits per heavy atom. The lowest BCUT2D eigenvalue weighted by atomic mass is 10.1. The summed E-state index contributed by atoms with van der Waals surface area (Å²) in [5, 5.41) is 9.72. The standard InChI is InChI=1S/C24H31FN6O.CH2O2/c1-4-6-7-12-29(11-5-2)21-8-10-26-22-19(21)9-13-31(22)24(32)28-18-14-20(25)23-27-17(3)15-30(23)16-18;2-1-3/h8,10,14-16H,4-7,9,11-13H2,1-3H3,(H,28,32);1H,(H,2,3). The van der Waals surface area contributed by atoms with Gasteiger partial charge in [-0.2, -0.15) is 0 Å². The van der Waals surface area contributed by atoms with Gasteiger partial charge in [-0.25, -0.2) is 19.2 Å². The van der Waals surface area contributed by atoms with Gasteiger partial charge in [-0.05, 0) is 32.3 Å². The highest BCUT2D eigenvalue weighted by atomic mass is 19.1. The number of aromatic nitrogens is 3. The van der Waals surface area contributed by atoms with Gasteiger partial charge in [0.1, 0.15) is 5.82 Å². The normalized spacial score (nSPS) is 12.2. The minimum Gasteiger partial charge on any atom is -0.483 e. The molecule has 0 atom stereocenters. The maximum absolute atomic E-state index is 14.4. The molecule has 10 heteroatoms. The smallest absolute Gasteiger partial charge is 0.327 e. The number of hydrogen-bond acceptors (Lipinski definition) is 5. The number of amides is 2. The number of pyridine rings is 2. The maximum Gasteiger partial charge on any atom is 0.327 e. The molecule has 4 heterocycles. The Bertz CT molecular complexity index is 1170. The number of anilines is 3. The molecule has 3 aromatic heterocycles. The lowest BCUT2D eigenvalue weighted by molar-refractivity contribution is -0.122. The van der Waals surface area contributed by atoms with Crippen molar-refractivity contribution >= 4 is 35.3 Å². The van der Waals surface area contributed by atoms with E-state index in [-0.39, 0.29) is 18.2 Å². The molecule has 3 aromatic rings. The van der Waals surface area contributed by atoms with Gasteiger partial charge in [0, 0.05) is 55.5 Å². The molecule has 0 saturated carbocycles. The van der Waals surface area contributed by atoms with Gasteiger partial charge >= 0.3 is 6.03 Å². The zero-order valence-electron chi connectivity index (χ0n) is 20.5. The van der Waals surface area contributed by atoms with Crippen LogP contribution in [0.2, 0.25) is 0 Å². The van der Waals surface area contributed by atoms with E-state index in [2.05, 4.69) is 40.1 Å². The van der Waals surface area contributed by atoms with Gasteiger partial charge in [-0.3, -0.25) is 9.69 Å². The molecule has 0 fully saturated rings. The molecule has 0 aliphatic carbocycles. The highest BCUT2D eigenvalue weighted by Gasteiger charge is 2.29. The van der Waals surface area contributed by atoms with E-state index < -0.39 is 5.82 Å². The predicted molar refractivity (Wildman–Crippen MR) is 135 cm³/mol. The number of fused-ring (bicyclic) bond motifs is 2. The molecule has 0 spiro atoms. The molecular formula is C25H33FN6O3. The Labute approximate surface area is 204 Å². The first-order valence-electron chi connectivity index (χ1n) is 12.0. The van der Waals surface area contributed by atoms with E-state index >= 15 is 0 Å². The van der Waals surface area contributed by atoms with Crippen molar-refractivity contribution < 1.29 is 19.1 Å². The summed E-state index contributed by atoms with van der Waals surface area (Å²) in [6.07, 6.45) is 10.6. The van der Waals surface area contributed by atoms with Crippen molar-refractivity contribution in [2.24, 2.45) is 0 Å².